The van der Waals surface area contributed by atoms with Crippen molar-refractivity contribution in [3.63, 3.8) is 0 Å². The monoisotopic (exact) mass is 435 g/mol. The number of nitrogens with one attached hydrogen (secondary N) is 1. The minimum absolute atomic E-state index is 0.0221. The molecule has 0 spiro atoms. The van der Waals surface area contributed by atoms with Gasteiger partial charge in [-0.15, -0.1) is 0 Å². The van der Waals surface area contributed by atoms with Crippen molar-refractivity contribution in [3.05, 3.63) is 47.7 Å². The van der Waals surface area contributed by atoms with Crippen LogP contribution in [0.1, 0.15) is 28.8 Å². The molecule has 8 nitrogen and oxygen atoms in total. The Hall–Kier alpha value is -3.13. The number of nitrogens with zero attached hydrogens (tertiary/aromatic N) is 4. The van der Waals surface area contributed by atoms with Gasteiger partial charge < -0.3 is 24.8 Å². The number of rotatable bonds is 4. The van der Waals surface area contributed by atoms with E-state index in [2.05, 4.69) is 46.4 Å². The highest BCUT2D eigenvalue weighted by molar-refractivity contribution is 6.04. The predicted octanol–water partition coefficient (Wildman–Crippen LogP) is 2.29. The minimum atomic E-state index is -0.0426. The summed E-state index contributed by atoms with van der Waals surface area (Å²) in [5, 5.41) is 3.07. The van der Waals surface area contributed by atoms with Crippen LogP contribution in [-0.2, 0) is 9.53 Å². The normalized spacial score (nSPS) is 20.8. The molecule has 0 radical (unpaired) electrons. The molecule has 1 aromatic carbocycles. The molecule has 8 heteroatoms. The maximum atomic E-state index is 13.2. The molecule has 32 heavy (non-hydrogen) atoms. The van der Waals surface area contributed by atoms with Gasteiger partial charge in [0.25, 0.3) is 5.91 Å². The Morgan fingerprint density at radius 3 is 2.69 bits per heavy atom. The Labute approximate surface area is 188 Å². The van der Waals surface area contributed by atoms with E-state index in [1.165, 1.54) is 11.3 Å². The number of ether oxygens (including phenoxy) is 1. The number of benzene rings is 1. The van der Waals surface area contributed by atoms with Crippen LogP contribution in [0.3, 0.4) is 0 Å². The topological polar surface area (TPSA) is 78.0 Å². The van der Waals surface area contributed by atoms with Crippen molar-refractivity contribution in [1.82, 2.24) is 9.88 Å². The largest absolute Gasteiger partial charge is 0.376 e. The average Bonchev–Trinajstić information content (AvgIpc) is 3.34. The first-order chi connectivity index (χ1) is 15.6. The van der Waals surface area contributed by atoms with E-state index in [1.54, 1.807) is 17.2 Å². The maximum Gasteiger partial charge on any atom is 0.255 e. The molecule has 1 aromatic heterocycles. The first-order valence-corrected chi connectivity index (χ1v) is 11.4. The number of hydrogen-bond donors (Lipinski definition) is 1. The summed E-state index contributed by atoms with van der Waals surface area (Å²) < 4.78 is 5.73. The molecule has 1 N–H and O–H groups in total. The summed E-state index contributed by atoms with van der Waals surface area (Å²) in [5.74, 6) is 0.577. The van der Waals surface area contributed by atoms with Crippen molar-refractivity contribution in [3.8, 4) is 0 Å². The fourth-order valence-corrected chi connectivity index (χ4v) is 4.60. The highest BCUT2D eigenvalue weighted by atomic mass is 16.5. The van der Waals surface area contributed by atoms with Gasteiger partial charge in [-0.05, 0) is 38.0 Å². The van der Waals surface area contributed by atoms with Gasteiger partial charge in [-0.3, -0.25) is 9.59 Å². The Balaban J connectivity index is 1.29. The van der Waals surface area contributed by atoms with Crippen LogP contribution >= 0.6 is 0 Å². The Kier molecular flexibility index (Phi) is 5.70. The number of amides is 2. The summed E-state index contributed by atoms with van der Waals surface area (Å²) in [6, 6.07) is 10.3. The van der Waals surface area contributed by atoms with E-state index in [4.69, 9.17) is 4.74 Å². The van der Waals surface area contributed by atoms with Crippen LogP contribution in [0.25, 0.3) is 0 Å². The third-order valence-electron chi connectivity index (χ3n) is 6.49. The third-order valence-corrected chi connectivity index (χ3v) is 6.49. The number of pyridine rings is 1. The van der Waals surface area contributed by atoms with E-state index in [-0.39, 0.29) is 24.5 Å². The summed E-state index contributed by atoms with van der Waals surface area (Å²) in [6.07, 6.45) is 3.62. The highest BCUT2D eigenvalue weighted by Crippen LogP contribution is 2.30. The Morgan fingerprint density at radius 1 is 1.19 bits per heavy atom. The van der Waals surface area contributed by atoms with Crippen LogP contribution in [0.2, 0.25) is 0 Å². The molecule has 3 aliphatic rings. The number of hydrogen-bond acceptors (Lipinski definition) is 6. The van der Waals surface area contributed by atoms with E-state index >= 15 is 0 Å². The molecule has 0 bridgehead atoms. The number of aromatic nitrogens is 1. The first-order valence-electron chi connectivity index (χ1n) is 11.4. The number of aryl methyl sites for hydroxylation is 1. The average molecular weight is 436 g/mol. The van der Waals surface area contributed by atoms with Crippen LogP contribution in [0.4, 0.5) is 17.2 Å². The summed E-state index contributed by atoms with van der Waals surface area (Å²) in [5.41, 5.74) is 3.61. The SMILES string of the molecule is Cc1ccc(N2CCN(C(=O)c3cnc4c(c3)N(CC3CCCO3)C(=O)CN4)CC2)cc1. The van der Waals surface area contributed by atoms with Crippen molar-refractivity contribution in [2.24, 2.45) is 0 Å². The van der Waals surface area contributed by atoms with Gasteiger partial charge >= 0.3 is 0 Å². The zero-order valence-electron chi connectivity index (χ0n) is 18.4. The molecule has 3 aliphatic heterocycles. The van der Waals surface area contributed by atoms with E-state index in [9.17, 15) is 9.59 Å². The van der Waals surface area contributed by atoms with Gasteiger partial charge in [-0.25, -0.2) is 4.98 Å². The second-order valence-electron chi connectivity index (χ2n) is 8.70. The summed E-state index contributed by atoms with van der Waals surface area (Å²) in [6.45, 7) is 6.42. The molecule has 2 aromatic rings. The number of carbonyl (C=O) groups excluding carboxylic acids is 2. The van der Waals surface area contributed by atoms with Crippen molar-refractivity contribution in [2.45, 2.75) is 25.9 Å². The number of anilines is 3. The predicted molar refractivity (Wildman–Crippen MR) is 123 cm³/mol. The zero-order valence-corrected chi connectivity index (χ0v) is 18.4. The fourth-order valence-electron chi connectivity index (χ4n) is 4.60. The second kappa shape index (κ2) is 8.78. The molecule has 1 atom stereocenters. The van der Waals surface area contributed by atoms with E-state index < -0.39 is 0 Å². The first kappa shape index (κ1) is 20.8. The van der Waals surface area contributed by atoms with Gasteiger partial charge in [0.05, 0.1) is 30.4 Å². The Bertz CT molecular complexity index is 995. The molecule has 168 valence electrons. The molecular weight excluding hydrogens is 406 g/mol. The molecule has 2 saturated heterocycles. The van der Waals surface area contributed by atoms with Gasteiger partial charge in [0, 0.05) is 44.7 Å². The van der Waals surface area contributed by atoms with Crippen molar-refractivity contribution < 1.29 is 14.3 Å². The molecule has 2 amide bonds. The van der Waals surface area contributed by atoms with Crippen LogP contribution < -0.4 is 15.1 Å². The third kappa shape index (κ3) is 4.14. The molecule has 0 saturated carbocycles. The summed E-state index contributed by atoms with van der Waals surface area (Å²) in [7, 11) is 0. The van der Waals surface area contributed by atoms with Crippen LogP contribution in [0.15, 0.2) is 36.5 Å². The van der Waals surface area contributed by atoms with Gasteiger partial charge in [-0.1, -0.05) is 17.7 Å². The minimum Gasteiger partial charge on any atom is -0.376 e. The van der Waals surface area contributed by atoms with Crippen molar-refractivity contribution >= 4 is 29.0 Å². The molecule has 0 aliphatic carbocycles. The van der Waals surface area contributed by atoms with Crippen LogP contribution in [0, 0.1) is 6.92 Å². The molecule has 1 unspecified atom stereocenters. The van der Waals surface area contributed by atoms with Crippen LogP contribution in [0.5, 0.6) is 0 Å². The lowest BCUT2D eigenvalue weighted by atomic mass is 10.1. The summed E-state index contributed by atoms with van der Waals surface area (Å²) in [4.78, 5) is 36.2. The smallest absolute Gasteiger partial charge is 0.255 e. The number of piperazine rings is 1. The fraction of sp³-hybridized carbons (Fsp3) is 0.458. The lowest BCUT2D eigenvalue weighted by Crippen LogP contribution is -2.49. The van der Waals surface area contributed by atoms with Gasteiger partial charge in [0.15, 0.2) is 0 Å². The van der Waals surface area contributed by atoms with Crippen LogP contribution in [-0.4, -0.2) is 73.7 Å². The Morgan fingerprint density at radius 2 is 1.97 bits per heavy atom. The molecule has 4 heterocycles. The molecular formula is C24H29N5O3. The number of carbonyl (C=O) groups is 2. The van der Waals surface area contributed by atoms with Gasteiger partial charge in [0.1, 0.15) is 5.82 Å². The lowest BCUT2D eigenvalue weighted by Gasteiger charge is -2.36. The second-order valence-corrected chi connectivity index (χ2v) is 8.70. The van der Waals surface area contributed by atoms with Crippen molar-refractivity contribution in [2.75, 3.05) is 61.0 Å². The molecule has 5 rings (SSSR count). The highest BCUT2D eigenvalue weighted by Gasteiger charge is 2.31. The van der Waals surface area contributed by atoms with E-state index in [0.29, 0.717) is 36.7 Å². The molecule has 2 fully saturated rings. The standard InChI is InChI=1S/C24H29N5O3/c1-17-4-6-19(7-5-17)27-8-10-28(11-9-27)24(31)18-13-21-23(25-14-18)26-15-22(30)29(21)16-20-3-2-12-32-20/h4-7,13-14,20H,2-3,8-12,15-16H2,1H3,(H,25,26). The quantitative estimate of drug-likeness (QED) is 0.794. The van der Waals surface area contributed by atoms with Gasteiger partial charge in [0.2, 0.25) is 5.91 Å². The van der Waals surface area contributed by atoms with E-state index in [1.807, 2.05) is 4.90 Å². The zero-order chi connectivity index (χ0) is 22.1. The summed E-state index contributed by atoms with van der Waals surface area (Å²) >= 11 is 0. The van der Waals surface area contributed by atoms with Gasteiger partial charge in [-0.2, -0.15) is 0 Å². The lowest BCUT2D eigenvalue weighted by molar-refractivity contribution is -0.117. The van der Waals surface area contributed by atoms with Crippen molar-refractivity contribution in [1.29, 1.82) is 0 Å². The van der Waals surface area contributed by atoms with E-state index in [0.717, 1.165) is 32.5 Å². The number of fused-ring (bicyclic) bond motifs is 1. The maximum absolute atomic E-state index is 13.2.